The topological polar surface area (TPSA) is 87.5 Å². The number of likely N-dealkylation sites (tertiary alicyclic amines) is 1. The first-order chi connectivity index (χ1) is 11.5. The molecule has 1 heterocycles. The van der Waals surface area contributed by atoms with Gasteiger partial charge in [0, 0.05) is 31.2 Å². The maximum Gasteiger partial charge on any atom is 0.317 e. The zero-order chi connectivity index (χ0) is 17.6. The Bertz CT molecular complexity index is 437. The van der Waals surface area contributed by atoms with Crippen LogP contribution in [0.4, 0.5) is 4.79 Å². The van der Waals surface area contributed by atoms with Crippen molar-refractivity contribution in [1.29, 1.82) is 0 Å². The highest BCUT2D eigenvalue weighted by Gasteiger charge is 2.31. The largest absolute Gasteiger partial charge is 0.354 e. The number of amides is 3. The molecule has 1 aliphatic heterocycles. The lowest BCUT2D eigenvalue weighted by molar-refractivity contribution is -0.126. The van der Waals surface area contributed by atoms with Crippen LogP contribution in [0.1, 0.15) is 65.2 Å². The van der Waals surface area contributed by atoms with E-state index in [1.165, 1.54) is 12.8 Å². The maximum absolute atomic E-state index is 12.5. The predicted octanol–water partition coefficient (Wildman–Crippen LogP) is 2.41. The summed E-state index contributed by atoms with van der Waals surface area (Å²) in [6.07, 6.45) is 7.96. The number of hydrogen-bond acceptors (Lipinski definition) is 3. The molecule has 1 saturated carbocycles. The summed E-state index contributed by atoms with van der Waals surface area (Å²) < 4.78 is 0. The van der Waals surface area contributed by atoms with Gasteiger partial charge in [-0.25, -0.2) is 4.79 Å². The van der Waals surface area contributed by atoms with E-state index in [4.69, 9.17) is 5.73 Å². The van der Waals surface area contributed by atoms with Gasteiger partial charge in [-0.3, -0.25) is 4.79 Å². The Hall–Kier alpha value is -1.01. The second-order valence-electron chi connectivity index (χ2n) is 7.50. The number of nitrogens with two attached hydrogens (primary N) is 1. The molecule has 2 aliphatic rings. The molecule has 6 nitrogen and oxygen atoms in total. The van der Waals surface area contributed by atoms with Gasteiger partial charge < -0.3 is 21.3 Å². The molecule has 2 rings (SSSR count). The molecule has 3 amide bonds. The number of urea groups is 1. The molecule has 4 N–H and O–H groups in total. The molecule has 0 aromatic rings. The van der Waals surface area contributed by atoms with Crippen LogP contribution in [0.15, 0.2) is 0 Å². The van der Waals surface area contributed by atoms with Crippen molar-refractivity contribution in [3.8, 4) is 0 Å². The smallest absolute Gasteiger partial charge is 0.317 e. The van der Waals surface area contributed by atoms with Crippen molar-refractivity contribution in [2.75, 3.05) is 19.6 Å². The van der Waals surface area contributed by atoms with Crippen LogP contribution in [0.25, 0.3) is 0 Å². The Balaban J connectivity index is 0.00000312. The van der Waals surface area contributed by atoms with E-state index in [1.807, 2.05) is 13.8 Å². The van der Waals surface area contributed by atoms with Crippen molar-refractivity contribution >= 4 is 24.3 Å². The van der Waals surface area contributed by atoms with E-state index in [-0.39, 0.29) is 35.8 Å². The molecule has 0 aromatic heterocycles. The van der Waals surface area contributed by atoms with Gasteiger partial charge in [-0.2, -0.15) is 0 Å². The van der Waals surface area contributed by atoms with E-state index in [0.717, 1.165) is 45.1 Å². The summed E-state index contributed by atoms with van der Waals surface area (Å²) in [4.78, 5) is 26.7. The average Bonchev–Trinajstić information content (AvgIpc) is 3.12. The second kappa shape index (κ2) is 10.2. The lowest BCUT2D eigenvalue weighted by Crippen LogP contribution is -2.53. The van der Waals surface area contributed by atoms with Gasteiger partial charge in [-0.15, -0.1) is 12.4 Å². The standard InChI is InChI=1S/C18H34N4O2.ClH/c1-3-18(19,4-2)13-20-16(23)14-8-7-11-22(12-14)17(24)21-15-9-5-6-10-15;/h14-15H,3-13,19H2,1-2H3,(H,20,23)(H,21,24);1H. The van der Waals surface area contributed by atoms with Crippen molar-refractivity contribution in [2.24, 2.45) is 11.7 Å². The van der Waals surface area contributed by atoms with E-state index < -0.39 is 0 Å². The molecule has 7 heteroatoms. The third-order valence-electron chi connectivity index (χ3n) is 5.79. The fourth-order valence-electron chi connectivity index (χ4n) is 3.62. The van der Waals surface area contributed by atoms with Crippen LogP contribution in [0.2, 0.25) is 0 Å². The van der Waals surface area contributed by atoms with Crippen molar-refractivity contribution in [3.63, 3.8) is 0 Å². The number of nitrogens with one attached hydrogen (secondary N) is 2. The first-order valence-corrected chi connectivity index (χ1v) is 9.59. The van der Waals surface area contributed by atoms with Crippen LogP contribution >= 0.6 is 12.4 Å². The predicted molar refractivity (Wildman–Crippen MR) is 103 cm³/mol. The summed E-state index contributed by atoms with van der Waals surface area (Å²) in [6, 6.07) is 0.313. The number of hydrogen-bond donors (Lipinski definition) is 3. The van der Waals surface area contributed by atoms with E-state index in [0.29, 0.717) is 19.1 Å². The van der Waals surface area contributed by atoms with Crippen LogP contribution in [0, 0.1) is 5.92 Å². The number of carbonyl (C=O) groups excluding carboxylic acids is 2. The molecule has 1 unspecified atom stereocenters. The molecule has 0 radical (unpaired) electrons. The molecule has 0 aromatic carbocycles. The van der Waals surface area contributed by atoms with Crippen LogP contribution in [-0.2, 0) is 4.79 Å². The molecule has 1 aliphatic carbocycles. The summed E-state index contributed by atoms with van der Waals surface area (Å²) in [5.74, 6) is -0.0869. The van der Waals surface area contributed by atoms with Crippen molar-refractivity contribution < 1.29 is 9.59 Å². The molecule has 1 saturated heterocycles. The summed E-state index contributed by atoms with van der Waals surface area (Å²) in [7, 11) is 0. The Kier molecular flexibility index (Phi) is 9.00. The van der Waals surface area contributed by atoms with E-state index >= 15 is 0 Å². The quantitative estimate of drug-likeness (QED) is 0.667. The Morgan fingerprint density at radius 2 is 1.76 bits per heavy atom. The fraction of sp³-hybridized carbons (Fsp3) is 0.889. The summed E-state index contributed by atoms with van der Waals surface area (Å²) in [6.45, 7) is 5.85. The number of carbonyl (C=O) groups is 2. The summed E-state index contributed by atoms with van der Waals surface area (Å²) in [5, 5.41) is 6.12. The zero-order valence-electron chi connectivity index (χ0n) is 15.7. The molecular formula is C18H35ClN4O2. The van der Waals surface area contributed by atoms with Gasteiger partial charge in [-0.05, 0) is 38.5 Å². The fourth-order valence-corrected chi connectivity index (χ4v) is 3.62. The number of nitrogens with zero attached hydrogens (tertiary/aromatic N) is 1. The van der Waals surface area contributed by atoms with Crippen molar-refractivity contribution in [3.05, 3.63) is 0 Å². The monoisotopic (exact) mass is 374 g/mol. The highest BCUT2D eigenvalue weighted by atomic mass is 35.5. The van der Waals surface area contributed by atoms with Gasteiger partial charge in [0.15, 0.2) is 0 Å². The van der Waals surface area contributed by atoms with Gasteiger partial charge in [-0.1, -0.05) is 26.7 Å². The minimum absolute atomic E-state index is 0. The third-order valence-corrected chi connectivity index (χ3v) is 5.79. The highest BCUT2D eigenvalue weighted by Crippen LogP contribution is 2.20. The second-order valence-corrected chi connectivity index (χ2v) is 7.50. The van der Waals surface area contributed by atoms with Gasteiger partial charge >= 0.3 is 6.03 Å². The molecule has 0 spiro atoms. The van der Waals surface area contributed by atoms with Crippen LogP contribution in [0.3, 0.4) is 0 Å². The SMILES string of the molecule is CCC(N)(CC)CNC(=O)C1CCCN(C(=O)NC2CCCC2)C1.Cl. The Morgan fingerprint density at radius 1 is 1.12 bits per heavy atom. The molecule has 2 fully saturated rings. The van der Waals surface area contributed by atoms with Crippen LogP contribution in [0.5, 0.6) is 0 Å². The Morgan fingerprint density at radius 3 is 2.36 bits per heavy atom. The van der Waals surface area contributed by atoms with Gasteiger partial charge in [0.05, 0.1) is 5.92 Å². The molecule has 146 valence electrons. The lowest BCUT2D eigenvalue weighted by atomic mass is 9.93. The number of piperidine rings is 1. The average molecular weight is 375 g/mol. The summed E-state index contributed by atoms with van der Waals surface area (Å²) in [5.41, 5.74) is 5.92. The Labute approximate surface area is 158 Å². The first kappa shape index (κ1) is 22.0. The first-order valence-electron chi connectivity index (χ1n) is 9.59. The van der Waals surface area contributed by atoms with Gasteiger partial charge in [0.1, 0.15) is 0 Å². The van der Waals surface area contributed by atoms with E-state index in [1.54, 1.807) is 4.90 Å². The normalized spacial score (nSPS) is 21.6. The molecule has 0 bridgehead atoms. The maximum atomic E-state index is 12.5. The molecule has 1 atom stereocenters. The highest BCUT2D eigenvalue weighted by molar-refractivity contribution is 5.85. The van der Waals surface area contributed by atoms with Crippen molar-refractivity contribution in [2.45, 2.75) is 76.8 Å². The number of rotatable bonds is 6. The summed E-state index contributed by atoms with van der Waals surface area (Å²) >= 11 is 0. The molecular weight excluding hydrogens is 340 g/mol. The third kappa shape index (κ3) is 6.33. The zero-order valence-corrected chi connectivity index (χ0v) is 16.5. The minimum Gasteiger partial charge on any atom is -0.354 e. The lowest BCUT2D eigenvalue weighted by Gasteiger charge is -2.34. The van der Waals surface area contributed by atoms with Crippen LogP contribution in [-0.4, -0.2) is 48.1 Å². The van der Waals surface area contributed by atoms with Gasteiger partial charge in [0.2, 0.25) is 5.91 Å². The minimum atomic E-state index is -0.330. The van der Waals surface area contributed by atoms with E-state index in [2.05, 4.69) is 10.6 Å². The van der Waals surface area contributed by atoms with Gasteiger partial charge in [0.25, 0.3) is 0 Å². The van der Waals surface area contributed by atoms with Crippen molar-refractivity contribution in [1.82, 2.24) is 15.5 Å². The molecule has 25 heavy (non-hydrogen) atoms. The van der Waals surface area contributed by atoms with Crippen LogP contribution < -0.4 is 16.4 Å². The number of halogens is 1. The van der Waals surface area contributed by atoms with E-state index in [9.17, 15) is 9.59 Å².